The number of nitro groups is 1. The summed E-state index contributed by atoms with van der Waals surface area (Å²) >= 11 is 0. The number of nitrogens with zero attached hydrogens (tertiary/aromatic N) is 3. The molecule has 0 aliphatic rings. The number of hydrogen-bond donors (Lipinski definition) is 0. The lowest BCUT2D eigenvalue weighted by molar-refractivity contribution is -0.688. The first-order chi connectivity index (χ1) is 10.5. The maximum atomic E-state index is 11.5. The van der Waals surface area contributed by atoms with Crippen molar-refractivity contribution in [1.82, 2.24) is 4.90 Å². The zero-order chi connectivity index (χ0) is 16.1. The van der Waals surface area contributed by atoms with Crippen LogP contribution in [0.3, 0.4) is 0 Å². The van der Waals surface area contributed by atoms with Crippen LogP contribution in [0.5, 0.6) is 5.75 Å². The number of pyridine rings is 1. The minimum atomic E-state index is -0.451. The van der Waals surface area contributed by atoms with E-state index in [1.807, 2.05) is 10.8 Å². The second-order valence-corrected chi connectivity index (χ2v) is 4.90. The number of carbonyl (C=O) groups is 1. The highest BCUT2D eigenvalue weighted by Gasteiger charge is 2.11. The van der Waals surface area contributed by atoms with Crippen LogP contribution >= 0.6 is 0 Å². The molecule has 0 saturated heterocycles. The highest BCUT2D eigenvalue weighted by atomic mass is 79.9. The van der Waals surface area contributed by atoms with Crippen molar-refractivity contribution < 1.29 is 36.0 Å². The molecule has 7 nitrogen and oxygen atoms in total. The summed E-state index contributed by atoms with van der Waals surface area (Å²) in [7, 11) is 3.21. The fourth-order valence-electron chi connectivity index (χ4n) is 1.78. The van der Waals surface area contributed by atoms with Crippen molar-refractivity contribution in [2.24, 2.45) is 0 Å². The van der Waals surface area contributed by atoms with Crippen LogP contribution < -0.4 is 26.3 Å². The van der Waals surface area contributed by atoms with E-state index in [1.54, 1.807) is 44.6 Å². The van der Waals surface area contributed by atoms with E-state index in [0.29, 0.717) is 12.3 Å². The van der Waals surface area contributed by atoms with Crippen molar-refractivity contribution in [2.75, 3.05) is 14.1 Å². The predicted molar refractivity (Wildman–Crippen MR) is 78.5 cm³/mol. The Hall–Kier alpha value is -2.48. The first-order valence-corrected chi connectivity index (χ1v) is 6.57. The Kier molecular flexibility index (Phi) is 6.65. The molecule has 1 heterocycles. The van der Waals surface area contributed by atoms with Crippen LogP contribution in [-0.4, -0.2) is 30.0 Å². The molecular formula is C15H16BrN3O4. The van der Waals surface area contributed by atoms with Gasteiger partial charge in [-0.2, -0.15) is 4.57 Å². The molecule has 2 aromatic rings. The van der Waals surface area contributed by atoms with Gasteiger partial charge in [-0.05, 0) is 18.2 Å². The first kappa shape index (κ1) is 18.6. The summed E-state index contributed by atoms with van der Waals surface area (Å²) in [5.41, 5.74) is 0.967. The summed E-state index contributed by atoms with van der Waals surface area (Å²) < 4.78 is 7.01. The molecule has 0 atom stereocenters. The smallest absolute Gasteiger partial charge is 0.414 e. The molecule has 0 bridgehead atoms. The summed E-state index contributed by atoms with van der Waals surface area (Å²) in [5.74, 6) is 0.433. The normalized spacial score (nSPS) is 9.65. The van der Waals surface area contributed by atoms with Crippen LogP contribution in [-0.2, 0) is 6.54 Å². The second-order valence-electron chi connectivity index (χ2n) is 4.90. The van der Waals surface area contributed by atoms with Gasteiger partial charge in [0.1, 0.15) is 0 Å². The highest BCUT2D eigenvalue weighted by Crippen LogP contribution is 2.12. The molecule has 1 amide bonds. The number of non-ortho nitro benzene ring substituents is 1. The number of rotatable bonds is 4. The summed E-state index contributed by atoms with van der Waals surface area (Å²) in [6.07, 6.45) is 3.07. The van der Waals surface area contributed by atoms with Crippen LogP contribution in [0.4, 0.5) is 10.5 Å². The number of amides is 1. The average Bonchev–Trinajstić information content (AvgIpc) is 2.48. The SMILES string of the molecule is CN(C)C(=O)Oc1ccc[n+](Cc2ccc([N+](=O)[O-])cc2)c1.[Br-]. The van der Waals surface area contributed by atoms with Crippen molar-refractivity contribution in [3.63, 3.8) is 0 Å². The number of hydrogen-bond acceptors (Lipinski definition) is 4. The summed E-state index contributed by atoms with van der Waals surface area (Å²) in [4.78, 5) is 23.0. The van der Waals surface area contributed by atoms with Gasteiger partial charge in [-0.1, -0.05) is 0 Å². The third kappa shape index (κ3) is 5.33. The molecule has 0 aliphatic heterocycles. The van der Waals surface area contributed by atoms with Crippen LogP contribution in [0.15, 0.2) is 48.8 Å². The minimum absolute atomic E-state index is 0. The van der Waals surface area contributed by atoms with E-state index in [-0.39, 0.29) is 22.7 Å². The van der Waals surface area contributed by atoms with Crippen molar-refractivity contribution in [2.45, 2.75) is 6.54 Å². The van der Waals surface area contributed by atoms with Gasteiger partial charge >= 0.3 is 6.09 Å². The lowest BCUT2D eigenvalue weighted by Gasteiger charge is -2.09. The third-order valence-electron chi connectivity index (χ3n) is 2.91. The Morgan fingerprint density at radius 2 is 1.91 bits per heavy atom. The number of benzene rings is 1. The average molecular weight is 382 g/mol. The van der Waals surface area contributed by atoms with Gasteiger partial charge < -0.3 is 26.6 Å². The van der Waals surface area contributed by atoms with Gasteiger partial charge in [0.05, 0.1) is 4.92 Å². The molecule has 0 fully saturated rings. The van der Waals surface area contributed by atoms with Gasteiger partial charge in [0.25, 0.3) is 5.69 Å². The maximum absolute atomic E-state index is 11.5. The Bertz CT molecular complexity index is 689. The Balaban J connectivity index is 0.00000264. The monoisotopic (exact) mass is 381 g/mol. The standard InChI is InChI=1S/C15H16N3O4.BrH/c1-16(2)15(19)22-14-4-3-9-17(11-14)10-12-5-7-13(8-6-12)18(20)21;/h3-9,11H,10H2,1-2H3;1H/q+1;/p-1. The Labute approximate surface area is 144 Å². The molecule has 0 saturated carbocycles. The second kappa shape index (κ2) is 8.23. The number of nitro benzene ring substituents is 1. The van der Waals surface area contributed by atoms with Gasteiger partial charge in [0, 0.05) is 37.9 Å². The fraction of sp³-hybridized carbons (Fsp3) is 0.200. The van der Waals surface area contributed by atoms with Crippen LogP contribution in [0.25, 0.3) is 0 Å². The summed E-state index contributed by atoms with van der Waals surface area (Å²) in [5, 5.41) is 10.6. The predicted octanol–water partition coefficient (Wildman–Crippen LogP) is -1.00. The third-order valence-corrected chi connectivity index (χ3v) is 2.91. The molecule has 1 aromatic heterocycles. The largest absolute Gasteiger partial charge is 1.00 e. The number of ether oxygens (including phenoxy) is 1. The van der Waals surface area contributed by atoms with Crippen molar-refractivity contribution in [3.8, 4) is 5.75 Å². The Morgan fingerprint density at radius 3 is 2.48 bits per heavy atom. The molecule has 122 valence electrons. The molecular weight excluding hydrogens is 366 g/mol. The van der Waals surface area contributed by atoms with E-state index >= 15 is 0 Å². The lowest BCUT2D eigenvalue weighted by Crippen LogP contribution is -3.00. The van der Waals surface area contributed by atoms with Crippen molar-refractivity contribution in [3.05, 3.63) is 64.5 Å². The van der Waals surface area contributed by atoms with Gasteiger partial charge in [0.2, 0.25) is 6.20 Å². The van der Waals surface area contributed by atoms with E-state index < -0.39 is 11.0 Å². The molecule has 8 heteroatoms. The zero-order valence-corrected chi connectivity index (χ0v) is 14.3. The Morgan fingerprint density at radius 1 is 1.26 bits per heavy atom. The van der Waals surface area contributed by atoms with Crippen molar-refractivity contribution in [1.29, 1.82) is 0 Å². The molecule has 2 rings (SSSR count). The first-order valence-electron chi connectivity index (χ1n) is 6.57. The topological polar surface area (TPSA) is 76.6 Å². The molecule has 0 aliphatic carbocycles. The van der Waals surface area contributed by atoms with Crippen molar-refractivity contribution >= 4 is 11.8 Å². The molecule has 1 aromatic carbocycles. The van der Waals surface area contributed by atoms with Crippen LogP contribution in [0, 0.1) is 10.1 Å². The van der Waals surface area contributed by atoms with Crippen LogP contribution in [0.1, 0.15) is 5.56 Å². The lowest BCUT2D eigenvalue weighted by atomic mass is 10.2. The quantitative estimate of drug-likeness (QED) is 0.386. The van der Waals surface area contributed by atoms with E-state index in [0.717, 1.165) is 5.56 Å². The van der Waals surface area contributed by atoms with E-state index in [9.17, 15) is 14.9 Å². The van der Waals surface area contributed by atoms with E-state index in [1.165, 1.54) is 17.0 Å². The molecule has 0 radical (unpaired) electrons. The maximum Gasteiger partial charge on any atom is 0.414 e. The van der Waals surface area contributed by atoms with Gasteiger partial charge in [0.15, 0.2) is 18.5 Å². The number of halogens is 1. The zero-order valence-electron chi connectivity index (χ0n) is 12.7. The minimum Gasteiger partial charge on any atom is -1.00 e. The number of carbonyl (C=O) groups excluding carboxylic acids is 1. The summed E-state index contributed by atoms with van der Waals surface area (Å²) in [6, 6.07) is 9.78. The van der Waals surface area contributed by atoms with Gasteiger partial charge in [-0.3, -0.25) is 10.1 Å². The van der Waals surface area contributed by atoms with E-state index in [4.69, 9.17) is 4.74 Å². The van der Waals surface area contributed by atoms with Gasteiger partial charge in [-0.25, -0.2) is 4.79 Å². The van der Waals surface area contributed by atoms with E-state index in [2.05, 4.69) is 0 Å². The van der Waals surface area contributed by atoms with Gasteiger partial charge in [-0.15, -0.1) is 0 Å². The number of aromatic nitrogens is 1. The molecule has 0 unspecified atom stereocenters. The molecule has 23 heavy (non-hydrogen) atoms. The molecule has 0 spiro atoms. The fourth-order valence-corrected chi connectivity index (χ4v) is 1.78. The summed E-state index contributed by atoms with van der Waals surface area (Å²) in [6.45, 7) is 0.519. The highest BCUT2D eigenvalue weighted by molar-refractivity contribution is 5.69. The van der Waals surface area contributed by atoms with Crippen LogP contribution in [0.2, 0.25) is 0 Å². The molecule has 0 N–H and O–H groups in total.